The lowest BCUT2D eigenvalue weighted by Crippen LogP contribution is -2.46. The molecule has 4 amide bonds. The van der Waals surface area contributed by atoms with Gasteiger partial charge in [0.2, 0.25) is 5.91 Å². The van der Waals surface area contributed by atoms with E-state index in [1.165, 1.54) is 42.2 Å². The van der Waals surface area contributed by atoms with Crippen LogP contribution in [0.4, 0.5) is 19.3 Å². The van der Waals surface area contributed by atoms with Crippen LogP contribution < -0.4 is 10.2 Å². The molecule has 2 aromatic rings. The van der Waals surface area contributed by atoms with E-state index in [0.29, 0.717) is 24.9 Å². The number of benzene rings is 2. The van der Waals surface area contributed by atoms with Crippen LogP contribution >= 0.6 is 0 Å². The Hall–Kier alpha value is -3.29. The molecule has 2 aliphatic heterocycles. The number of amides is 4. The minimum absolute atomic E-state index is 0.206. The van der Waals surface area contributed by atoms with Crippen LogP contribution in [-0.2, 0) is 21.5 Å². The van der Waals surface area contributed by atoms with Gasteiger partial charge in [0.05, 0.1) is 5.69 Å². The minimum Gasteiger partial charge on any atom is -0.319 e. The first-order valence-corrected chi connectivity index (χ1v) is 9.29. The molecule has 8 heteroatoms. The predicted molar refractivity (Wildman–Crippen MR) is 101 cm³/mol. The number of rotatable bonds is 3. The topological polar surface area (TPSA) is 69.7 Å². The molecule has 0 aliphatic carbocycles. The zero-order valence-corrected chi connectivity index (χ0v) is 15.7. The molecule has 1 unspecified atom stereocenters. The van der Waals surface area contributed by atoms with E-state index < -0.39 is 41.6 Å². The van der Waals surface area contributed by atoms with Crippen LogP contribution in [-0.4, -0.2) is 35.8 Å². The van der Waals surface area contributed by atoms with Crippen LogP contribution in [0.1, 0.15) is 24.5 Å². The van der Waals surface area contributed by atoms with Crippen molar-refractivity contribution in [3.05, 3.63) is 65.2 Å². The number of aryl methyl sites for hydroxylation is 1. The summed E-state index contributed by atoms with van der Waals surface area (Å²) < 4.78 is 27.6. The minimum atomic E-state index is -1.41. The Labute approximate surface area is 166 Å². The van der Waals surface area contributed by atoms with Crippen molar-refractivity contribution in [3.63, 3.8) is 0 Å². The summed E-state index contributed by atoms with van der Waals surface area (Å²) in [6.07, 6.45) is 1.32. The third-order valence-corrected chi connectivity index (χ3v) is 5.46. The highest BCUT2D eigenvalue weighted by Gasteiger charge is 2.50. The normalized spacial score (nSPS) is 21.2. The van der Waals surface area contributed by atoms with Crippen LogP contribution in [0.2, 0.25) is 0 Å². The first kappa shape index (κ1) is 19.0. The summed E-state index contributed by atoms with van der Waals surface area (Å²) in [6, 6.07) is 9.13. The first-order chi connectivity index (χ1) is 13.8. The van der Waals surface area contributed by atoms with Crippen molar-refractivity contribution in [2.24, 2.45) is 0 Å². The molecule has 29 heavy (non-hydrogen) atoms. The highest BCUT2D eigenvalue weighted by atomic mass is 19.1. The summed E-state index contributed by atoms with van der Waals surface area (Å²) in [5, 5.41) is 2.57. The summed E-state index contributed by atoms with van der Waals surface area (Å²) in [4.78, 5) is 40.4. The molecule has 1 N–H and O–H groups in total. The molecule has 1 fully saturated rings. The maximum absolute atomic E-state index is 14.3. The number of nitrogens with one attached hydrogen (secondary N) is 1. The molecule has 2 aliphatic rings. The third kappa shape index (κ3) is 3.14. The number of halogens is 2. The zero-order chi connectivity index (χ0) is 20.8. The van der Waals surface area contributed by atoms with Gasteiger partial charge in [-0.3, -0.25) is 14.5 Å². The Morgan fingerprint density at radius 2 is 1.86 bits per heavy atom. The first-order valence-electron chi connectivity index (χ1n) is 9.29. The summed E-state index contributed by atoms with van der Waals surface area (Å²) in [5.41, 5.74) is -0.0764. The predicted octanol–water partition coefficient (Wildman–Crippen LogP) is 2.71. The smallest absolute Gasteiger partial charge is 0.319 e. The Morgan fingerprint density at radius 3 is 2.59 bits per heavy atom. The van der Waals surface area contributed by atoms with Gasteiger partial charge >= 0.3 is 6.03 Å². The Balaban J connectivity index is 1.58. The van der Waals surface area contributed by atoms with E-state index in [1.54, 1.807) is 12.1 Å². The van der Waals surface area contributed by atoms with Gasteiger partial charge in [-0.25, -0.2) is 13.6 Å². The quantitative estimate of drug-likeness (QED) is 0.807. The molecule has 0 saturated carbocycles. The lowest BCUT2D eigenvalue weighted by Gasteiger charge is -2.31. The SMILES string of the molecule is CC1(c2ccc(F)cc2)NC(=O)N(CC(=O)N2CCCc3cccc(F)c32)C1=O. The second-order valence-electron chi connectivity index (χ2n) is 7.35. The average Bonchev–Trinajstić information content (AvgIpc) is 2.92. The monoisotopic (exact) mass is 399 g/mol. The van der Waals surface area contributed by atoms with Gasteiger partial charge in [-0.15, -0.1) is 0 Å². The van der Waals surface area contributed by atoms with E-state index >= 15 is 0 Å². The number of fused-ring (bicyclic) bond motifs is 1. The molecule has 0 radical (unpaired) electrons. The Bertz CT molecular complexity index is 1010. The molecular formula is C21H19F2N3O3. The molecule has 6 nitrogen and oxygen atoms in total. The van der Waals surface area contributed by atoms with Gasteiger partial charge in [0.15, 0.2) is 0 Å². The van der Waals surface area contributed by atoms with Gasteiger partial charge in [0, 0.05) is 6.54 Å². The molecule has 1 saturated heterocycles. The number of imide groups is 1. The van der Waals surface area contributed by atoms with Crippen molar-refractivity contribution in [1.82, 2.24) is 10.2 Å². The summed E-state index contributed by atoms with van der Waals surface area (Å²) in [7, 11) is 0. The van der Waals surface area contributed by atoms with Crippen molar-refractivity contribution in [1.29, 1.82) is 0 Å². The van der Waals surface area contributed by atoms with E-state index in [9.17, 15) is 23.2 Å². The molecule has 2 aromatic carbocycles. The van der Waals surface area contributed by atoms with Crippen LogP contribution in [0, 0.1) is 11.6 Å². The molecule has 2 heterocycles. The van der Waals surface area contributed by atoms with E-state index in [4.69, 9.17) is 0 Å². The second-order valence-corrected chi connectivity index (χ2v) is 7.35. The lowest BCUT2D eigenvalue weighted by molar-refractivity contribution is -0.134. The van der Waals surface area contributed by atoms with Crippen molar-refractivity contribution in [3.8, 4) is 0 Å². The number of urea groups is 1. The van der Waals surface area contributed by atoms with Crippen LogP contribution in [0.3, 0.4) is 0 Å². The molecule has 4 rings (SSSR count). The number of hydrogen-bond donors (Lipinski definition) is 1. The second kappa shape index (κ2) is 6.95. The highest BCUT2D eigenvalue weighted by molar-refractivity contribution is 6.10. The fourth-order valence-electron chi connectivity index (χ4n) is 3.89. The molecule has 1 atom stereocenters. The largest absolute Gasteiger partial charge is 0.325 e. The van der Waals surface area contributed by atoms with Crippen LogP contribution in [0.25, 0.3) is 0 Å². The Kier molecular flexibility index (Phi) is 4.56. The van der Waals surface area contributed by atoms with Crippen molar-refractivity contribution in [2.45, 2.75) is 25.3 Å². The number of para-hydroxylation sites is 1. The number of carbonyl (C=O) groups excluding carboxylic acids is 3. The number of hydrogen-bond acceptors (Lipinski definition) is 3. The van der Waals surface area contributed by atoms with Gasteiger partial charge in [-0.1, -0.05) is 24.3 Å². The fraction of sp³-hybridized carbons (Fsp3) is 0.286. The molecule has 150 valence electrons. The lowest BCUT2D eigenvalue weighted by atomic mass is 9.92. The fourth-order valence-corrected chi connectivity index (χ4v) is 3.89. The van der Waals surface area contributed by atoms with Gasteiger partial charge in [-0.2, -0.15) is 0 Å². The molecule has 0 aromatic heterocycles. The highest BCUT2D eigenvalue weighted by Crippen LogP contribution is 2.32. The summed E-state index contributed by atoms with van der Waals surface area (Å²) >= 11 is 0. The van der Waals surface area contributed by atoms with Gasteiger partial charge in [0.25, 0.3) is 5.91 Å². The average molecular weight is 399 g/mol. The zero-order valence-electron chi connectivity index (χ0n) is 15.7. The molecule has 0 spiro atoms. The number of nitrogens with zero attached hydrogens (tertiary/aromatic N) is 2. The van der Waals surface area contributed by atoms with Gasteiger partial charge in [-0.05, 0) is 49.1 Å². The maximum Gasteiger partial charge on any atom is 0.325 e. The molecular weight excluding hydrogens is 380 g/mol. The van der Waals surface area contributed by atoms with E-state index in [0.717, 1.165) is 10.5 Å². The standard InChI is InChI=1S/C21H19F2N3O3/c1-21(14-7-9-15(22)10-8-14)19(28)26(20(29)24-21)12-17(27)25-11-3-5-13-4-2-6-16(23)18(13)25/h2,4,6-10H,3,5,11-12H2,1H3,(H,24,29). The van der Waals surface area contributed by atoms with Crippen molar-refractivity contribution >= 4 is 23.5 Å². The summed E-state index contributed by atoms with van der Waals surface area (Å²) in [5.74, 6) is -2.13. The van der Waals surface area contributed by atoms with Crippen molar-refractivity contribution in [2.75, 3.05) is 18.0 Å². The molecule has 0 bridgehead atoms. The number of anilines is 1. The van der Waals surface area contributed by atoms with Crippen LogP contribution in [0.5, 0.6) is 0 Å². The van der Waals surface area contributed by atoms with E-state index in [2.05, 4.69) is 5.32 Å². The van der Waals surface area contributed by atoms with Gasteiger partial charge < -0.3 is 10.2 Å². The van der Waals surface area contributed by atoms with Crippen LogP contribution in [0.15, 0.2) is 42.5 Å². The maximum atomic E-state index is 14.3. The van der Waals surface area contributed by atoms with Gasteiger partial charge in [0.1, 0.15) is 23.7 Å². The summed E-state index contributed by atoms with van der Waals surface area (Å²) in [6.45, 7) is 1.31. The number of carbonyl (C=O) groups is 3. The Morgan fingerprint density at radius 1 is 1.14 bits per heavy atom. The van der Waals surface area contributed by atoms with E-state index in [-0.39, 0.29) is 5.69 Å². The third-order valence-electron chi connectivity index (χ3n) is 5.46. The van der Waals surface area contributed by atoms with Crippen molar-refractivity contribution < 1.29 is 23.2 Å². The van der Waals surface area contributed by atoms with E-state index in [1.807, 2.05) is 0 Å².